The van der Waals surface area contributed by atoms with Crippen LogP contribution in [-0.2, 0) is 0 Å². The molecule has 0 rings (SSSR count). The van der Waals surface area contributed by atoms with Gasteiger partial charge in [0.1, 0.15) is 0 Å². The molecule has 0 spiro atoms. The van der Waals surface area contributed by atoms with Crippen molar-refractivity contribution >= 4 is 23.3 Å². The molecule has 0 aliphatic carbocycles. The number of hydrogen-bond donors (Lipinski definition) is 4. The van der Waals surface area contributed by atoms with Crippen LogP contribution in [0.2, 0.25) is 0 Å². The monoisotopic (exact) mass is 226 g/mol. The van der Waals surface area contributed by atoms with E-state index in [-0.39, 0.29) is 11.9 Å². The van der Waals surface area contributed by atoms with Gasteiger partial charge in [0.25, 0.3) is 0 Å². The van der Waals surface area contributed by atoms with Crippen LogP contribution in [-0.4, -0.2) is 23.3 Å². The molecule has 0 atom stereocenters. The molecule has 16 heavy (non-hydrogen) atoms. The Morgan fingerprint density at radius 1 is 0.688 bits per heavy atom. The van der Waals surface area contributed by atoms with Crippen LogP contribution >= 0.6 is 0 Å². The molecule has 0 fully saturated rings. The summed E-state index contributed by atoms with van der Waals surface area (Å²) < 4.78 is 0. The zero-order valence-corrected chi connectivity index (χ0v) is 9.51. The molecule has 0 aromatic rings. The molecule has 0 amide bonds. The molecule has 8 N–H and O–H groups in total. The summed E-state index contributed by atoms with van der Waals surface area (Å²) in [5.74, 6) is -0.216. The van der Waals surface area contributed by atoms with Gasteiger partial charge in [0.2, 0.25) is 11.9 Å². The lowest BCUT2D eigenvalue weighted by atomic mass is 10.1. The average Bonchev–Trinajstić information content (AvgIpc) is 2.22. The molecule has 0 radical (unpaired) electrons. The third-order valence-electron chi connectivity index (χ3n) is 1.58. The first kappa shape index (κ1) is 13.9. The first-order valence-electron chi connectivity index (χ1n) is 4.82. The van der Waals surface area contributed by atoms with Gasteiger partial charge in [0.15, 0.2) is 0 Å². The van der Waals surface area contributed by atoms with Gasteiger partial charge >= 0.3 is 0 Å². The number of guanidine groups is 2. The summed E-state index contributed by atoms with van der Waals surface area (Å²) in [4.78, 5) is 0. The smallest absolute Gasteiger partial charge is 0.211 e. The summed E-state index contributed by atoms with van der Waals surface area (Å²) >= 11 is 0. The van der Waals surface area contributed by atoms with E-state index in [1.807, 2.05) is 13.8 Å². The Bertz CT molecular complexity index is 296. The van der Waals surface area contributed by atoms with Gasteiger partial charge in [0, 0.05) is 0 Å². The van der Waals surface area contributed by atoms with E-state index in [9.17, 15) is 0 Å². The molecule has 0 aromatic carbocycles. The van der Waals surface area contributed by atoms with E-state index in [1.54, 1.807) is 0 Å². The lowest BCUT2D eigenvalue weighted by Gasteiger charge is -2.01. The van der Waals surface area contributed by atoms with Gasteiger partial charge in [-0.05, 0) is 12.8 Å². The molecule has 0 unspecified atom stereocenters. The third kappa shape index (κ3) is 5.58. The first-order chi connectivity index (χ1) is 7.51. The van der Waals surface area contributed by atoms with Gasteiger partial charge < -0.3 is 22.9 Å². The van der Waals surface area contributed by atoms with Crippen molar-refractivity contribution in [3.05, 3.63) is 0 Å². The predicted octanol–water partition coefficient (Wildman–Crippen LogP) is -0.935. The maximum Gasteiger partial charge on any atom is 0.211 e. The second-order valence-corrected chi connectivity index (χ2v) is 2.85. The lowest BCUT2D eigenvalue weighted by Crippen LogP contribution is -2.23. The molecule has 90 valence electrons. The summed E-state index contributed by atoms with van der Waals surface area (Å²) in [6.45, 7) is 3.81. The molecular weight excluding hydrogens is 208 g/mol. The minimum absolute atomic E-state index is 0.108. The van der Waals surface area contributed by atoms with Crippen LogP contribution in [0.3, 0.4) is 0 Å². The summed E-state index contributed by atoms with van der Waals surface area (Å²) in [6, 6.07) is 0. The van der Waals surface area contributed by atoms with Crippen molar-refractivity contribution in [2.45, 2.75) is 26.7 Å². The number of nitrogens with two attached hydrogens (primary N) is 4. The normalized spacial score (nSPS) is 12.1. The van der Waals surface area contributed by atoms with E-state index >= 15 is 0 Å². The molecule has 0 saturated heterocycles. The molecule has 0 aliphatic rings. The highest BCUT2D eigenvalue weighted by Crippen LogP contribution is 1.97. The van der Waals surface area contributed by atoms with Crippen molar-refractivity contribution in [2.75, 3.05) is 0 Å². The fourth-order valence-corrected chi connectivity index (χ4v) is 0.901. The van der Waals surface area contributed by atoms with Gasteiger partial charge in [-0.2, -0.15) is 10.2 Å². The maximum absolute atomic E-state index is 5.17. The molecule has 0 aromatic heterocycles. The minimum Gasteiger partial charge on any atom is -0.369 e. The highest BCUT2D eigenvalue weighted by atomic mass is 15.3. The van der Waals surface area contributed by atoms with E-state index in [0.29, 0.717) is 24.3 Å². The molecule has 0 bridgehead atoms. The van der Waals surface area contributed by atoms with Crippen molar-refractivity contribution in [3.8, 4) is 0 Å². The zero-order chi connectivity index (χ0) is 12.6. The molecule has 8 nitrogen and oxygen atoms in total. The van der Waals surface area contributed by atoms with Crippen LogP contribution in [0, 0.1) is 0 Å². The topological polar surface area (TPSA) is 154 Å². The molecule has 8 heteroatoms. The van der Waals surface area contributed by atoms with E-state index in [4.69, 9.17) is 22.9 Å². The molecule has 0 aliphatic heterocycles. The zero-order valence-electron chi connectivity index (χ0n) is 9.51. The van der Waals surface area contributed by atoms with Gasteiger partial charge in [0.05, 0.1) is 11.4 Å². The Hall–Kier alpha value is -2.12. The first-order valence-corrected chi connectivity index (χ1v) is 4.82. The highest BCUT2D eigenvalue weighted by molar-refractivity contribution is 6.42. The summed E-state index contributed by atoms with van der Waals surface area (Å²) in [5, 5.41) is 14.8. The SMILES string of the molecule is CCC(=N\N=C(N)N)/C(CC)=N/N=C(N)N. The van der Waals surface area contributed by atoms with E-state index in [2.05, 4.69) is 20.4 Å². The molecular formula is C8H18N8. The van der Waals surface area contributed by atoms with Gasteiger partial charge in [-0.1, -0.05) is 13.8 Å². The molecule has 0 heterocycles. The van der Waals surface area contributed by atoms with Crippen LogP contribution in [0.4, 0.5) is 0 Å². The van der Waals surface area contributed by atoms with Crippen molar-refractivity contribution < 1.29 is 0 Å². The fraction of sp³-hybridized carbons (Fsp3) is 0.500. The van der Waals surface area contributed by atoms with Crippen LogP contribution in [0.15, 0.2) is 20.4 Å². The summed E-state index contributed by atoms with van der Waals surface area (Å²) in [5.41, 5.74) is 22.0. The average molecular weight is 226 g/mol. The van der Waals surface area contributed by atoms with Gasteiger partial charge in [-0.3, -0.25) is 0 Å². The molecule has 0 saturated carbocycles. The standard InChI is InChI=1S/C8H18N8/c1-3-5(13-15-7(9)10)6(4-2)14-16-8(11)12/h3-4H2,1-2H3,(H4,9,10,15)(H4,11,12,16)/b13-5+,14-6+. The van der Waals surface area contributed by atoms with Crippen LogP contribution in [0.1, 0.15) is 26.7 Å². The lowest BCUT2D eigenvalue weighted by molar-refractivity contribution is 1.12. The Labute approximate surface area is 94.2 Å². The van der Waals surface area contributed by atoms with E-state index < -0.39 is 0 Å². The summed E-state index contributed by atoms with van der Waals surface area (Å²) in [7, 11) is 0. The second kappa shape index (κ2) is 7.21. The van der Waals surface area contributed by atoms with Crippen molar-refractivity contribution in [2.24, 2.45) is 43.3 Å². The minimum atomic E-state index is -0.108. The van der Waals surface area contributed by atoms with Crippen LogP contribution in [0.25, 0.3) is 0 Å². The van der Waals surface area contributed by atoms with Crippen molar-refractivity contribution in [1.29, 1.82) is 0 Å². The van der Waals surface area contributed by atoms with Crippen molar-refractivity contribution in [1.82, 2.24) is 0 Å². The fourth-order valence-electron chi connectivity index (χ4n) is 0.901. The van der Waals surface area contributed by atoms with Crippen molar-refractivity contribution in [3.63, 3.8) is 0 Å². The number of hydrogen-bond acceptors (Lipinski definition) is 4. The largest absolute Gasteiger partial charge is 0.369 e. The number of rotatable bonds is 5. The second-order valence-electron chi connectivity index (χ2n) is 2.85. The Morgan fingerprint density at radius 2 is 1.00 bits per heavy atom. The Morgan fingerprint density at radius 3 is 1.19 bits per heavy atom. The number of nitrogens with zero attached hydrogens (tertiary/aromatic N) is 4. The Kier molecular flexibility index (Phi) is 6.25. The predicted molar refractivity (Wildman–Crippen MR) is 67.1 cm³/mol. The maximum atomic E-state index is 5.17. The van der Waals surface area contributed by atoms with E-state index in [0.717, 1.165) is 0 Å². The van der Waals surface area contributed by atoms with Crippen LogP contribution in [0.5, 0.6) is 0 Å². The Balaban J connectivity index is 5.04. The van der Waals surface area contributed by atoms with Gasteiger partial charge in [-0.15, -0.1) is 10.2 Å². The highest BCUT2D eigenvalue weighted by Gasteiger charge is 2.05. The quantitative estimate of drug-likeness (QED) is 0.271. The van der Waals surface area contributed by atoms with Gasteiger partial charge in [-0.25, -0.2) is 0 Å². The third-order valence-corrected chi connectivity index (χ3v) is 1.58. The van der Waals surface area contributed by atoms with E-state index in [1.165, 1.54) is 0 Å². The van der Waals surface area contributed by atoms with Crippen LogP contribution < -0.4 is 22.9 Å². The summed E-state index contributed by atoms with van der Waals surface area (Å²) in [6.07, 6.45) is 1.26.